The van der Waals surface area contributed by atoms with Crippen molar-refractivity contribution in [2.45, 2.75) is 70.5 Å². The zero-order chi connectivity index (χ0) is 16.4. The van der Waals surface area contributed by atoms with Crippen LogP contribution in [0.2, 0.25) is 0 Å². The Bertz CT molecular complexity index is 506. The van der Waals surface area contributed by atoms with Gasteiger partial charge in [0.15, 0.2) is 0 Å². The molecule has 0 saturated heterocycles. The predicted octanol–water partition coefficient (Wildman–Crippen LogP) is 1.90. The van der Waals surface area contributed by atoms with Crippen molar-refractivity contribution in [3.8, 4) is 0 Å². The molecule has 0 unspecified atom stereocenters. The van der Waals surface area contributed by atoms with Crippen molar-refractivity contribution in [1.29, 1.82) is 0 Å². The Morgan fingerprint density at radius 3 is 2.61 bits per heavy atom. The molecule has 0 amide bonds. The number of aliphatic hydroxyl groups excluding tert-OH is 3. The van der Waals surface area contributed by atoms with E-state index >= 15 is 0 Å². The van der Waals surface area contributed by atoms with Gasteiger partial charge in [-0.1, -0.05) is 6.92 Å². The number of carbonyl (C=O) groups is 1. The number of ketones is 1. The molecule has 0 aromatic rings. The normalized spacial score (nSPS) is 55.9. The lowest BCUT2D eigenvalue weighted by Gasteiger charge is -2.59. The van der Waals surface area contributed by atoms with Crippen LogP contribution in [-0.4, -0.2) is 39.9 Å². The molecular weight excluding hydrogens is 292 g/mol. The van der Waals surface area contributed by atoms with Crippen molar-refractivity contribution >= 4 is 5.78 Å². The fourth-order valence-electron chi connectivity index (χ4n) is 7.00. The van der Waals surface area contributed by atoms with Crippen LogP contribution in [0, 0.1) is 34.5 Å². The lowest BCUT2D eigenvalue weighted by atomic mass is 9.45. The minimum atomic E-state index is -0.364. The first-order valence-corrected chi connectivity index (χ1v) is 9.39. The fourth-order valence-corrected chi connectivity index (χ4v) is 7.00. The van der Waals surface area contributed by atoms with Gasteiger partial charge in [0.2, 0.25) is 0 Å². The SMILES string of the molecule is C[C@]12CC[C@H](O)C[C@@H]1CC(=O)[C@@H]1[C@@H]3C[C@@H](O)C[C@]3(CO)CC[C@@H]12. The Labute approximate surface area is 138 Å². The van der Waals surface area contributed by atoms with E-state index in [0.717, 1.165) is 32.1 Å². The third kappa shape index (κ3) is 2.17. The molecule has 3 N–H and O–H groups in total. The van der Waals surface area contributed by atoms with Crippen LogP contribution in [0.15, 0.2) is 0 Å². The molecule has 8 atom stereocenters. The highest BCUT2D eigenvalue weighted by Gasteiger charge is 2.62. The summed E-state index contributed by atoms with van der Waals surface area (Å²) in [5.41, 5.74) is -0.0828. The van der Waals surface area contributed by atoms with Gasteiger partial charge < -0.3 is 15.3 Å². The molecule has 0 heterocycles. The standard InChI is InChI=1S/C19H30O4/c1-18-4-2-12(21)6-11(18)7-16(23)17-14(18)3-5-19(10-20)9-13(22)8-15(17)19/h11-15,17,20-22H,2-10H2,1H3/t11-,12+,13-,14+,15+,17+,18+,19+/m1/s1. The first-order valence-electron chi connectivity index (χ1n) is 9.39. The molecule has 0 aromatic carbocycles. The van der Waals surface area contributed by atoms with Crippen LogP contribution >= 0.6 is 0 Å². The van der Waals surface area contributed by atoms with E-state index in [4.69, 9.17) is 0 Å². The molecular formula is C19H30O4. The maximum Gasteiger partial charge on any atom is 0.136 e. The molecule has 0 bridgehead atoms. The third-order valence-corrected chi connectivity index (χ3v) is 8.26. The second-order valence-electron chi connectivity index (χ2n) is 9.19. The molecule has 130 valence electrons. The van der Waals surface area contributed by atoms with Gasteiger partial charge in [0, 0.05) is 18.9 Å². The molecule has 0 aromatic heterocycles. The third-order valence-electron chi connectivity index (χ3n) is 8.26. The lowest BCUT2D eigenvalue weighted by molar-refractivity contribution is -0.161. The summed E-state index contributed by atoms with van der Waals surface area (Å²) in [4.78, 5) is 13.0. The smallest absolute Gasteiger partial charge is 0.136 e. The average molecular weight is 322 g/mol. The van der Waals surface area contributed by atoms with E-state index in [0.29, 0.717) is 36.9 Å². The van der Waals surface area contributed by atoms with E-state index in [-0.39, 0.29) is 41.5 Å². The van der Waals surface area contributed by atoms with E-state index < -0.39 is 0 Å². The predicted molar refractivity (Wildman–Crippen MR) is 85.5 cm³/mol. The lowest BCUT2D eigenvalue weighted by Crippen LogP contribution is -2.57. The molecule has 4 heteroatoms. The van der Waals surface area contributed by atoms with Crippen molar-refractivity contribution < 1.29 is 20.1 Å². The van der Waals surface area contributed by atoms with Crippen LogP contribution in [0.1, 0.15) is 58.3 Å². The van der Waals surface area contributed by atoms with Gasteiger partial charge in [-0.25, -0.2) is 0 Å². The quantitative estimate of drug-likeness (QED) is 0.689. The van der Waals surface area contributed by atoms with Crippen molar-refractivity contribution in [3.63, 3.8) is 0 Å². The van der Waals surface area contributed by atoms with Crippen LogP contribution in [0.5, 0.6) is 0 Å². The highest BCUT2D eigenvalue weighted by atomic mass is 16.3. The van der Waals surface area contributed by atoms with Crippen molar-refractivity contribution in [3.05, 3.63) is 0 Å². The van der Waals surface area contributed by atoms with Gasteiger partial charge in [-0.15, -0.1) is 0 Å². The van der Waals surface area contributed by atoms with Crippen LogP contribution in [-0.2, 0) is 4.79 Å². The molecule has 4 rings (SSSR count). The molecule has 4 aliphatic rings. The van der Waals surface area contributed by atoms with Gasteiger partial charge in [0.05, 0.1) is 12.2 Å². The largest absolute Gasteiger partial charge is 0.396 e. The van der Waals surface area contributed by atoms with Gasteiger partial charge >= 0.3 is 0 Å². The van der Waals surface area contributed by atoms with Crippen LogP contribution < -0.4 is 0 Å². The number of Topliss-reactive ketones (excluding diaryl/α,β-unsaturated/α-hetero) is 1. The van der Waals surface area contributed by atoms with Gasteiger partial charge in [0.25, 0.3) is 0 Å². The van der Waals surface area contributed by atoms with Crippen molar-refractivity contribution in [1.82, 2.24) is 0 Å². The molecule has 0 aliphatic heterocycles. The average Bonchev–Trinajstić information content (AvgIpc) is 2.86. The Morgan fingerprint density at radius 2 is 1.87 bits per heavy atom. The summed E-state index contributed by atoms with van der Waals surface area (Å²) in [5, 5.41) is 30.3. The fraction of sp³-hybridized carbons (Fsp3) is 0.947. The number of hydrogen-bond acceptors (Lipinski definition) is 4. The maximum atomic E-state index is 13.0. The summed E-state index contributed by atoms with van der Waals surface area (Å²) in [6.07, 6.45) is 5.86. The van der Waals surface area contributed by atoms with Gasteiger partial charge in [0.1, 0.15) is 5.78 Å². The summed E-state index contributed by atoms with van der Waals surface area (Å²) >= 11 is 0. The first kappa shape index (κ1) is 16.0. The number of aliphatic hydroxyl groups is 3. The molecule has 4 nitrogen and oxygen atoms in total. The molecule has 0 radical (unpaired) electrons. The summed E-state index contributed by atoms with van der Waals surface area (Å²) in [5.74, 6) is 1.19. The molecule has 4 fully saturated rings. The van der Waals surface area contributed by atoms with E-state index in [1.54, 1.807) is 0 Å². The number of hydrogen-bond donors (Lipinski definition) is 3. The Balaban J connectivity index is 1.69. The Morgan fingerprint density at radius 1 is 1.09 bits per heavy atom. The molecule has 4 saturated carbocycles. The van der Waals surface area contributed by atoms with Crippen LogP contribution in [0.25, 0.3) is 0 Å². The summed E-state index contributed by atoms with van der Waals surface area (Å²) in [7, 11) is 0. The van der Waals surface area contributed by atoms with Crippen molar-refractivity contribution in [2.24, 2.45) is 34.5 Å². The van der Waals surface area contributed by atoms with Crippen LogP contribution in [0.4, 0.5) is 0 Å². The van der Waals surface area contributed by atoms with Gasteiger partial charge in [-0.2, -0.15) is 0 Å². The molecule has 23 heavy (non-hydrogen) atoms. The second kappa shape index (κ2) is 5.27. The first-order chi connectivity index (χ1) is 10.9. The number of rotatable bonds is 1. The van der Waals surface area contributed by atoms with Gasteiger partial charge in [-0.3, -0.25) is 4.79 Å². The zero-order valence-electron chi connectivity index (χ0n) is 14.1. The number of fused-ring (bicyclic) bond motifs is 5. The van der Waals surface area contributed by atoms with Gasteiger partial charge in [-0.05, 0) is 73.5 Å². The number of carbonyl (C=O) groups excluding carboxylic acids is 1. The summed E-state index contributed by atoms with van der Waals surface area (Å²) in [6.45, 7) is 2.44. The summed E-state index contributed by atoms with van der Waals surface area (Å²) in [6, 6.07) is 0. The van der Waals surface area contributed by atoms with E-state index in [1.807, 2.05) is 0 Å². The second-order valence-corrected chi connectivity index (χ2v) is 9.19. The monoisotopic (exact) mass is 322 g/mol. The van der Waals surface area contributed by atoms with E-state index in [9.17, 15) is 20.1 Å². The minimum Gasteiger partial charge on any atom is -0.396 e. The highest BCUT2D eigenvalue weighted by molar-refractivity contribution is 5.83. The van der Waals surface area contributed by atoms with Crippen molar-refractivity contribution in [2.75, 3.05) is 6.61 Å². The van der Waals surface area contributed by atoms with E-state index in [2.05, 4.69) is 6.92 Å². The Kier molecular flexibility index (Phi) is 3.68. The Hall–Kier alpha value is -0.450. The highest BCUT2D eigenvalue weighted by Crippen LogP contribution is 2.65. The van der Waals surface area contributed by atoms with E-state index in [1.165, 1.54) is 0 Å². The topological polar surface area (TPSA) is 77.8 Å². The van der Waals surface area contributed by atoms with Crippen LogP contribution in [0.3, 0.4) is 0 Å². The summed E-state index contributed by atoms with van der Waals surface area (Å²) < 4.78 is 0. The minimum absolute atomic E-state index is 0.0181. The maximum absolute atomic E-state index is 13.0. The molecule has 0 spiro atoms. The molecule has 4 aliphatic carbocycles. The zero-order valence-corrected chi connectivity index (χ0v) is 14.1.